The third-order valence-electron chi connectivity index (χ3n) is 5.20. The van der Waals surface area contributed by atoms with Gasteiger partial charge < -0.3 is 14.8 Å². The van der Waals surface area contributed by atoms with Crippen LogP contribution >= 0.6 is 0 Å². The summed E-state index contributed by atoms with van der Waals surface area (Å²) in [5.41, 5.74) is 1.14. The summed E-state index contributed by atoms with van der Waals surface area (Å²) in [5, 5.41) is 3.67. The second-order valence-corrected chi connectivity index (χ2v) is 7.06. The van der Waals surface area contributed by atoms with Crippen molar-refractivity contribution in [3.63, 3.8) is 0 Å². The summed E-state index contributed by atoms with van der Waals surface area (Å²) >= 11 is 0. The molecule has 1 aliphatic carbocycles. The van der Waals surface area contributed by atoms with E-state index in [1.165, 1.54) is 58.0 Å². The van der Waals surface area contributed by atoms with Gasteiger partial charge in [-0.15, -0.1) is 0 Å². The van der Waals surface area contributed by atoms with Crippen molar-refractivity contribution in [1.82, 2.24) is 14.5 Å². The molecule has 0 unspecified atom stereocenters. The van der Waals surface area contributed by atoms with E-state index >= 15 is 0 Å². The van der Waals surface area contributed by atoms with E-state index in [-0.39, 0.29) is 0 Å². The zero-order chi connectivity index (χ0) is 14.7. The maximum absolute atomic E-state index is 4.69. The molecule has 0 aromatic carbocycles. The van der Waals surface area contributed by atoms with Gasteiger partial charge in [-0.05, 0) is 65.1 Å². The lowest BCUT2D eigenvalue weighted by molar-refractivity contribution is 0.208. The molecule has 21 heavy (non-hydrogen) atoms. The highest BCUT2D eigenvalue weighted by atomic mass is 15.2. The molecule has 3 rings (SSSR count). The number of anilines is 1. The van der Waals surface area contributed by atoms with Crippen LogP contribution < -0.4 is 5.32 Å². The van der Waals surface area contributed by atoms with Crippen molar-refractivity contribution in [2.45, 2.75) is 64.5 Å². The second-order valence-electron chi connectivity index (χ2n) is 7.06. The van der Waals surface area contributed by atoms with Gasteiger partial charge in [-0.25, -0.2) is 4.98 Å². The van der Waals surface area contributed by atoms with Crippen molar-refractivity contribution < 1.29 is 0 Å². The van der Waals surface area contributed by atoms with E-state index in [0.717, 1.165) is 24.1 Å². The normalized spacial score (nSPS) is 22.0. The summed E-state index contributed by atoms with van der Waals surface area (Å²) in [6.45, 7) is 5.75. The number of hydrogen-bond acceptors (Lipinski definition) is 3. The van der Waals surface area contributed by atoms with Crippen LogP contribution in [0.25, 0.3) is 0 Å². The first kappa shape index (κ1) is 14.9. The van der Waals surface area contributed by atoms with Crippen molar-refractivity contribution >= 4 is 5.95 Å². The van der Waals surface area contributed by atoms with Crippen LogP contribution in [0.4, 0.5) is 5.95 Å². The minimum atomic E-state index is 0.647. The Morgan fingerprint density at radius 2 is 1.90 bits per heavy atom. The van der Waals surface area contributed by atoms with E-state index < -0.39 is 0 Å². The predicted octanol–water partition coefficient (Wildman–Crippen LogP) is 3.28. The molecule has 2 heterocycles. The topological polar surface area (TPSA) is 33.1 Å². The Hall–Kier alpha value is -1.03. The molecule has 1 N–H and O–H groups in total. The van der Waals surface area contributed by atoms with E-state index in [9.17, 15) is 0 Å². The SMILES string of the molecule is Cc1cn(CCC2CCN(C)CC2)c(NC2CCCC2)n1. The zero-order valence-electron chi connectivity index (χ0n) is 13.6. The smallest absolute Gasteiger partial charge is 0.203 e. The van der Waals surface area contributed by atoms with Crippen LogP contribution in [0.15, 0.2) is 6.20 Å². The molecule has 4 heteroatoms. The number of rotatable bonds is 5. The Kier molecular flexibility index (Phi) is 4.84. The summed E-state index contributed by atoms with van der Waals surface area (Å²) in [6.07, 6.45) is 11.6. The quantitative estimate of drug-likeness (QED) is 0.903. The average molecular weight is 290 g/mol. The van der Waals surface area contributed by atoms with Crippen molar-refractivity contribution in [1.29, 1.82) is 0 Å². The van der Waals surface area contributed by atoms with Crippen LogP contribution in [0.5, 0.6) is 0 Å². The largest absolute Gasteiger partial charge is 0.353 e. The molecule has 2 aliphatic rings. The van der Waals surface area contributed by atoms with Crippen LogP contribution in [0, 0.1) is 12.8 Å². The van der Waals surface area contributed by atoms with Crippen molar-refractivity contribution in [3.8, 4) is 0 Å². The fourth-order valence-electron chi connectivity index (χ4n) is 3.76. The molecule has 1 aromatic rings. The predicted molar refractivity (Wildman–Crippen MR) is 87.7 cm³/mol. The van der Waals surface area contributed by atoms with Crippen LogP contribution in [0.3, 0.4) is 0 Å². The highest BCUT2D eigenvalue weighted by molar-refractivity contribution is 5.30. The first-order chi connectivity index (χ1) is 10.2. The van der Waals surface area contributed by atoms with Gasteiger partial charge in [0.1, 0.15) is 0 Å². The Labute approximate surface area is 128 Å². The molecule has 118 valence electrons. The molecule has 0 spiro atoms. The number of nitrogens with zero attached hydrogens (tertiary/aromatic N) is 3. The molecule has 0 radical (unpaired) electrons. The standard InChI is InChI=1S/C17H30N4/c1-14-13-21(12-9-15-7-10-20(2)11-8-15)17(18-14)19-16-5-3-4-6-16/h13,15-16H,3-12H2,1-2H3,(H,18,19). The number of likely N-dealkylation sites (tertiary alicyclic amines) is 1. The van der Waals surface area contributed by atoms with Gasteiger partial charge in [-0.3, -0.25) is 0 Å². The van der Waals surface area contributed by atoms with Gasteiger partial charge in [0.15, 0.2) is 0 Å². The van der Waals surface area contributed by atoms with Gasteiger partial charge in [-0.1, -0.05) is 12.8 Å². The summed E-state index contributed by atoms with van der Waals surface area (Å²) in [6, 6.07) is 0.647. The van der Waals surface area contributed by atoms with Gasteiger partial charge in [0.25, 0.3) is 0 Å². The van der Waals surface area contributed by atoms with Gasteiger partial charge in [0.2, 0.25) is 5.95 Å². The summed E-state index contributed by atoms with van der Waals surface area (Å²) in [7, 11) is 2.24. The molecule has 1 saturated heterocycles. The number of imidazole rings is 1. The Morgan fingerprint density at radius 3 is 2.62 bits per heavy atom. The maximum Gasteiger partial charge on any atom is 0.203 e. The van der Waals surface area contributed by atoms with Crippen LogP contribution in [0.1, 0.15) is 50.6 Å². The van der Waals surface area contributed by atoms with Crippen molar-refractivity contribution in [3.05, 3.63) is 11.9 Å². The summed E-state index contributed by atoms with van der Waals surface area (Å²) < 4.78 is 2.35. The van der Waals surface area contributed by atoms with Crippen molar-refractivity contribution in [2.75, 3.05) is 25.5 Å². The van der Waals surface area contributed by atoms with Crippen LogP contribution in [-0.4, -0.2) is 40.6 Å². The fourth-order valence-corrected chi connectivity index (χ4v) is 3.76. The first-order valence-electron chi connectivity index (χ1n) is 8.69. The first-order valence-corrected chi connectivity index (χ1v) is 8.69. The molecule has 0 amide bonds. The van der Waals surface area contributed by atoms with Crippen molar-refractivity contribution in [2.24, 2.45) is 5.92 Å². The zero-order valence-corrected chi connectivity index (χ0v) is 13.6. The number of aryl methyl sites for hydroxylation is 2. The van der Waals surface area contributed by atoms with Crippen LogP contribution in [0.2, 0.25) is 0 Å². The molecular formula is C17H30N4. The molecular weight excluding hydrogens is 260 g/mol. The summed E-state index contributed by atoms with van der Waals surface area (Å²) in [5.74, 6) is 2.00. The highest BCUT2D eigenvalue weighted by Gasteiger charge is 2.19. The molecule has 1 aliphatic heterocycles. The minimum Gasteiger partial charge on any atom is -0.353 e. The second kappa shape index (κ2) is 6.82. The van der Waals surface area contributed by atoms with Gasteiger partial charge >= 0.3 is 0 Å². The summed E-state index contributed by atoms with van der Waals surface area (Å²) in [4.78, 5) is 7.14. The number of piperidine rings is 1. The van der Waals surface area contributed by atoms with E-state index in [0.29, 0.717) is 6.04 Å². The molecule has 0 bridgehead atoms. The molecule has 0 atom stereocenters. The monoisotopic (exact) mass is 290 g/mol. The fraction of sp³-hybridized carbons (Fsp3) is 0.824. The lowest BCUT2D eigenvalue weighted by Crippen LogP contribution is -2.30. The average Bonchev–Trinajstić information content (AvgIpc) is 3.09. The minimum absolute atomic E-state index is 0.647. The molecule has 4 nitrogen and oxygen atoms in total. The van der Waals surface area contributed by atoms with Crippen LogP contribution in [-0.2, 0) is 6.54 Å². The lowest BCUT2D eigenvalue weighted by atomic mass is 9.94. The molecule has 1 aromatic heterocycles. The van der Waals surface area contributed by atoms with E-state index in [1.54, 1.807) is 0 Å². The molecule has 1 saturated carbocycles. The van der Waals surface area contributed by atoms with E-state index in [2.05, 4.69) is 35.0 Å². The number of nitrogens with one attached hydrogen (secondary N) is 1. The van der Waals surface area contributed by atoms with Gasteiger partial charge in [0.05, 0.1) is 5.69 Å². The molecule has 2 fully saturated rings. The van der Waals surface area contributed by atoms with E-state index in [1.807, 2.05) is 0 Å². The van der Waals surface area contributed by atoms with Gasteiger partial charge in [-0.2, -0.15) is 0 Å². The number of hydrogen-bond donors (Lipinski definition) is 1. The lowest BCUT2D eigenvalue weighted by Gasteiger charge is -2.29. The maximum atomic E-state index is 4.69. The Balaban J connectivity index is 1.54. The van der Waals surface area contributed by atoms with Gasteiger partial charge in [0, 0.05) is 18.8 Å². The highest BCUT2D eigenvalue weighted by Crippen LogP contribution is 2.24. The van der Waals surface area contributed by atoms with E-state index in [4.69, 9.17) is 4.98 Å². The number of aromatic nitrogens is 2. The third kappa shape index (κ3) is 4.00. The Morgan fingerprint density at radius 1 is 1.19 bits per heavy atom. The Bertz CT molecular complexity index is 440. The third-order valence-corrected chi connectivity index (χ3v) is 5.20.